The summed E-state index contributed by atoms with van der Waals surface area (Å²) in [6.07, 6.45) is 7.63. The summed E-state index contributed by atoms with van der Waals surface area (Å²) in [5.74, 6) is 0. The summed E-state index contributed by atoms with van der Waals surface area (Å²) < 4.78 is 2.31. The van der Waals surface area contributed by atoms with Gasteiger partial charge < -0.3 is 4.90 Å². The number of aromatic nitrogens is 1. The molecule has 0 saturated heterocycles. The summed E-state index contributed by atoms with van der Waals surface area (Å²) in [5.41, 5.74) is 3.77. The van der Waals surface area contributed by atoms with Gasteiger partial charge in [-0.25, -0.2) is 0 Å². The van der Waals surface area contributed by atoms with Crippen molar-refractivity contribution in [2.75, 3.05) is 19.0 Å². The second-order valence-corrected chi connectivity index (χ2v) is 5.94. The van der Waals surface area contributed by atoms with E-state index in [1.165, 1.54) is 22.2 Å². The Labute approximate surface area is 138 Å². The van der Waals surface area contributed by atoms with E-state index in [0.717, 1.165) is 13.0 Å². The molecule has 0 spiro atoms. The van der Waals surface area contributed by atoms with Crippen LogP contribution < -0.4 is 9.47 Å². The number of hydrogen-bond acceptors (Lipinski definition) is 1. The van der Waals surface area contributed by atoms with E-state index in [9.17, 15) is 0 Å². The van der Waals surface area contributed by atoms with Gasteiger partial charge in [0.15, 0.2) is 12.7 Å². The van der Waals surface area contributed by atoms with Crippen LogP contribution in [0, 0.1) is 0 Å². The summed E-state index contributed by atoms with van der Waals surface area (Å²) in [6, 6.07) is 21.4. The molecule has 1 aromatic heterocycles. The summed E-state index contributed by atoms with van der Waals surface area (Å²) in [7, 11) is 4.12. The van der Waals surface area contributed by atoms with Crippen molar-refractivity contribution in [3.8, 4) is 0 Å². The molecular weight excluding hydrogens is 280 g/mol. The third-order valence-corrected chi connectivity index (χ3v) is 4.04. The number of anilines is 1. The molecule has 3 aromatic rings. The van der Waals surface area contributed by atoms with E-state index in [-0.39, 0.29) is 0 Å². The quantitative estimate of drug-likeness (QED) is 0.638. The molecule has 0 N–H and O–H groups in total. The number of benzene rings is 2. The van der Waals surface area contributed by atoms with Crippen LogP contribution in [0.5, 0.6) is 0 Å². The van der Waals surface area contributed by atoms with Crippen LogP contribution in [0.4, 0.5) is 5.69 Å². The molecule has 0 aliphatic carbocycles. The van der Waals surface area contributed by atoms with Crippen LogP contribution in [-0.4, -0.2) is 14.1 Å². The first-order valence-electron chi connectivity index (χ1n) is 8.05. The first-order chi connectivity index (χ1) is 11.2. The van der Waals surface area contributed by atoms with E-state index in [0.29, 0.717) is 0 Å². The average Bonchev–Trinajstić information content (AvgIpc) is 2.59. The number of nitrogens with zero attached hydrogens (tertiary/aromatic N) is 2. The molecule has 2 heteroatoms. The molecule has 1 heterocycles. The highest BCUT2D eigenvalue weighted by Gasteiger charge is 2.05. The second-order valence-electron chi connectivity index (χ2n) is 5.94. The van der Waals surface area contributed by atoms with Gasteiger partial charge in [-0.3, -0.25) is 0 Å². The fourth-order valence-corrected chi connectivity index (χ4v) is 2.73. The molecule has 2 nitrogen and oxygen atoms in total. The topological polar surface area (TPSA) is 7.12 Å². The maximum atomic E-state index is 2.31. The van der Waals surface area contributed by atoms with Gasteiger partial charge in [-0.1, -0.05) is 36.4 Å². The van der Waals surface area contributed by atoms with E-state index in [1.54, 1.807) is 0 Å². The number of fused-ring (bicyclic) bond motifs is 1. The molecular formula is C21H23N2+. The molecule has 0 fully saturated rings. The fraction of sp³-hybridized carbons (Fsp3) is 0.190. The van der Waals surface area contributed by atoms with Gasteiger partial charge in [-0.15, -0.1) is 0 Å². The van der Waals surface area contributed by atoms with Gasteiger partial charge in [-0.05, 0) is 29.8 Å². The SMILES string of the molecule is CN(C)c1ccc(C=CCC[n+]2cccc3ccccc32)cc1. The van der Waals surface area contributed by atoms with Crippen molar-refractivity contribution in [3.63, 3.8) is 0 Å². The van der Waals surface area contributed by atoms with Crippen molar-refractivity contribution in [1.82, 2.24) is 0 Å². The number of rotatable bonds is 5. The lowest BCUT2D eigenvalue weighted by Gasteiger charge is -2.11. The monoisotopic (exact) mass is 303 g/mol. The van der Waals surface area contributed by atoms with Crippen molar-refractivity contribution in [2.24, 2.45) is 0 Å². The smallest absolute Gasteiger partial charge is 0.212 e. The Morgan fingerprint density at radius 1 is 0.913 bits per heavy atom. The van der Waals surface area contributed by atoms with Crippen LogP contribution in [0.25, 0.3) is 17.0 Å². The van der Waals surface area contributed by atoms with Gasteiger partial charge in [0, 0.05) is 43.7 Å². The molecule has 0 atom stereocenters. The third kappa shape index (κ3) is 3.78. The molecule has 0 aliphatic heterocycles. The van der Waals surface area contributed by atoms with E-state index in [4.69, 9.17) is 0 Å². The van der Waals surface area contributed by atoms with Crippen LogP contribution >= 0.6 is 0 Å². The zero-order valence-corrected chi connectivity index (χ0v) is 13.8. The molecule has 0 aliphatic rings. The zero-order valence-electron chi connectivity index (χ0n) is 13.8. The number of allylic oxidation sites excluding steroid dienone is 1. The minimum atomic E-state index is 0.994. The van der Waals surface area contributed by atoms with E-state index < -0.39 is 0 Å². The zero-order chi connectivity index (χ0) is 16.1. The highest BCUT2D eigenvalue weighted by Crippen LogP contribution is 2.13. The molecule has 0 unspecified atom stereocenters. The first kappa shape index (κ1) is 15.3. The van der Waals surface area contributed by atoms with Gasteiger partial charge in [0.05, 0.1) is 0 Å². The summed E-state index contributed by atoms with van der Waals surface area (Å²) in [6.45, 7) is 0.994. The normalized spacial score (nSPS) is 11.2. The van der Waals surface area contributed by atoms with E-state index >= 15 is 0 Å². The van der Waals surface area contributed by atoms with Crippen LogP contribution in [0.15, 0.2) is 72.9 Å². The Bertz CT molecular complexity index is 796. The summed E-state index contributed by atoms with van der Waals surface area (Å²) in [4.78, 5) is 2.12. The van der Waals surface area contributed by atoms with Gasteiger partial charge in [0.1, 0.15) is 0 Å². The number of pyridine rings is 1. The molecule has 0 bridgehead atoms. The maximum Gasteiger partial charge on any atom is 0.212 e. The third-order valence-electron chi connectivity index (χ3n) is 4.04. The fourth-order valence-electron chi connectivity index (χ4n) is 2.73. The van der Waals surface area contributed by atoms with Crippen LogP contribution in [-0.2, 0) is 6.54 Å². The standard InChI is InChI=1S/C21H23N2/c1-22(2)20-14-12-18(13-15-20)8-5-6-16-23-17-7-10-19-9-3-4-11-21(19)23/h3-5,7-15,17H,6,16H2,1-2H3/q+1. The number of para-hydroxylation sites is 1. The van der Waals surface area contributed by atoms with E-state index in [1.807, 2.05) is 0 Å². The molecule has 2 aromatic carbocycles. The highest BCUT2D eigenvalue weighted by atomic mass is 15.1. The predicted molar refractivity (Wildman–Crippen MR) is 98.6 cm³/mol. The second kappa shape index (κ2) is 7.10. The Balaban J connectivity index is 1.64. The summed E-state index contributed by atoms with van der Waals surface area (Å²) >= 11 is 0. The van der Waals surface area contributed by atoms with Crippen LogP contribution in [0.2, 0.25) is 0 Å². The largest absolute Gasteiger partial charge is 0.378 e. The lowest BCUT2D eigenvalue weighted by atomic mass is 10.1. The van der Waals surface area contributed by atoms with E-state index in [2.05, 4.69) is 103 Å². The van der Waals surface area contributed by atoms with Crippen molar-refractivity contribution in [3.05, 3.63) is 78.5 Å². The Morgan fingerprint density at radius 2 is 1.65 bits per heavy atom. The lowest BCUT2D eigenvalue weighted by molar-refractivity contribution is -0.670. The Morgan fingerprint density at radius 3 is 2.43 bits per heavy atom. The van der Waals surface area contributed by atoms with Gasteiger partial charge >= 0.3 is 0 Å². The van der Waals surface area contributed by atoms with Gasteiger partial charge in [-0.2, -0.15) is 4.57 Å². The lowest BCUT2D eigenvalue weighted by Crippen LogP contribution is -2.33. The van der Waals surface area contributed by atoms with Gasteiger partial charge in [0.25, 0.3) is 0 Å². The molecule has 0 saturated carbocycles. The predicted octanol–water partition coefficient (Wildman–Crippen LogP) is 4.30. The van der Waals surface area contributed by atoms with Crippen molar-refractivity contribution in [1.29, 1.82) is 0 Å². The highest BCUT2D eigenvalue weighted by molar-refractivity contribution is 5.74. The molecule has 23 heavy (non-hydrogen) atoms. The number of aryl methyl sites for hydroxylation is 1. The summed E-state index contributed by atoms with van der Waals surface area (Å²) in [5, 5.41) is 1.29. The Kier molecular flexibility index (Phi) is 4.72. The minimum absolute atomic E-state index is 0.994. The van der Waals surface area contributed by atoms with Crippen molar-refractivity contribution >= 4 is 22.7 Å². The molecule has 3 rings (SSSR count). The Hall–Kier alpha value is -2.61. The van der Waals surface area contributed by atoms with Crippen molar-refractivity contribution < 1.29 is 4.57 Å². The molecule has 116 valence electrons. The van der Waals surface area contributed by atoms with Crippen LogP contribution in [0.1, 0.15) is 12.0 Å². The van der Waals surface area contributed by atoms with Gasteiger partial charge in [0.2, 0.25) is 5.52 Å². The minimum Gasteiger partial charge on any atom is -0.378 e. The average molecular weight is 303 g/mol. The molecule has 0 amide bonds. The molecule has 0 radical (unpaired) electrons. The number of hydrogen-bond donors (Lipinski definition) is 0. The van der Waals surface area contributed by atoms with Crippen molar-refractivity contribution in [2.45, 2.75) is 13.0 Å². The van der Waals surface area contributed by atoms with Crippen LogP contribution in [0.3, 0.4) is 0 Å². The maximum absolute atomic E-state index is 2.31. The first-order valence-corrected chi connectivity index (χ1v) is 8.05.